The highest BCUT2D eigenvalue weighted by molar-refractivity contribution is 6.35. The van der Waals surface area contributed by atoms with E-state index in [0.717, 1.165) is 26.1 Å². The molecular weight excluding hydrogens is 480 g/mol. The maximum Gasteiger partial charge on any atom is 0.268 e. The van der Waals surface area contributed by atoms with Crippen molar-refractivity contribution >= 4 is 34.9 Å². The van der Waals surface area contributed by atoms with Crippen LogP contribution in [0.25, 0.3) is 11.6 Å². The van der Waals surface area contributed by atoms with Gasteiger partial charge < -0.3 is 25.3 Å². The van der Waals surface area contributed by atoms with Gasteiger partial charge in [0.05, 0.1) is 29.6 Å². The van der Waals surface area contributed by atoms with Gasteiger partial charge in [0.15, 0.2) is 5.78 Å². The second-order valence-electron chi connectivity index (χ2n) is 9.69. The van der Waals surface area contributed by atoms with Crippen molar-refractivity contribution in [3.05, 3.63) is 82.2 Å². The number of hydrogen-bond donors (Lipinski definition) is 3. The van der Waals surface area contributed by atoms with Crippen LogP contribution in [0.3, 0.4) is 0 Å². The molecular formula is C30H32N4O4. The molecule has 8 heteroatoms. The highest BCUT2D eigenvalue weighted by atomic mass is 16.5. The number of ketones is 1. The number of nitrogens with one attached hydrogen (secondary N) is 3. The number of aromatic nitrogens is 1. The van der Waals surface area contributed by atoms with Gasteiger partial charge in [-0.25, -0.2) is 0 Å². The van der Waals surface area contributed by atoms with Gasteiger partial charge in [0.1, 0.15) is 11.4 Å². The zero-order valence-electron chi connectivity index (χ0n) is 21.7. The molecule has 0 bridgehead atoms. The highest BCUT2D eigenvalue weighted by Gasteiger charge is 2.28. The SMILES string of the molecule is COc1ccc2c(c1)NC(=O)C2=Cc1[nH]c(C(=O)NCCCN2CCCC2)c(C)c1C(=O)c1ccccc1. The molecule has 2 amide bonds. The van der Waals surface area contributed by atoms with E-state index < -0.39 is 0 Å². The standard InChI is InChI=1S/C30H32N4O4/c1-19-26(28(35)20-9-4-3-5-10-20)25(18-23-22-12-11-21(38-2)17-24(22)33-29(23)36)32-27(19)30(37)31-13-8-16-34-14-6-7-15-34/h3-5,9-12,17-18,32H,6-8,13-16H2,1-2H3,(H,31,37)(H,33,36). The van der Waals surface area contributed by atoms with E-state index in [2.05, 4.69) is 20.5 Å². The third-order valence-electron chi connectivity index (χ3n) is 7.20. The van der Waals surface area contributed by atoms with Gasteiger partial charge in [-0.15, -0.1) is 0 Å². The molecule has 1 saturated heterocycles. The van der Waals surface area contributed by atoms with Gasteiger partial charge in [0.2, 0.25) is 0 Å². The lowest BCUT2D eigenvalue weighted by Crippen LogP contribution is -2.29. The van der Waals surface area contributed by atoms with Crippen LogP contribution in [0.2, 0.25) is 0 Å². The molecule has 2 aliphatic heterocycles. The number of amides is 2. The monoisotopic (exact) mass is 512 g/mol. The number of methoxy groups -OCH3 is 1. The van der Waals surface area contributed by atoms with Crippen LogP contribution in [-0.2, 0) is 4.79 Å². The van der Waals surface area contributed by atoms with Crippen molar-refractivity contribution in [1.29, 1.82) is 0 Å². The number of benzene rings is 2. The van der Waals surface area contributed by atoms with Crippen LogP contribution in [0.15, 0.2) is 48.5 Å². The minimum atomic E-state index is -0.286. The second-order valence-corrected chi connectivity index (χ2v) is 9.69. The van der Waals surface area contributed by atoms with Gasteiger partial charge in [0.25, 0.3) is 11.8 Å². The number of fused-ring (bicyclic) bond motifs is 1. The Labute approximate surface area is 222 Å². The number of aromatic amines is 1. The van der Waals surface area contributed by atoms with Gasteiger partial charge in [-0.05, 0) is 69.6 Å². The Hall–Kier alpha value is -4.17. The number of likely N-dealkylation sites (tertiary alicyclic amines) is 1. The molecule has 0 saturated carbocycles. The molecule has 38 heavy (non-hydrogen) atoms. The van der Waals surface area contributed by atoms with Gasteiger partial charge in [-0.3, -0.25) is 14.4 Å². The van der Waals surface area contributed by atoms with Crippen molar-refractivity contribution in [2.75, 3.05) is 38.6 Å². The summed E-state index contributed by atoms with van der Waals surface area (Å²) in [5.74, 6) is -0.138. The largest absolute Gasteiger partial charge is 0.497 e. The Balaban J connectivity index is 1.47. The average molecular weight is 513 g/mol. The van der Waals surface area contributed by atoms with Crippen molar-refractivity contribution in [3.8, 4) is 5.75 Å². The molecule has 8 nitrogen and oxygen atoms in total. The van der Waals surface area contributed by atoms with Gasteiger partial charge in [0, 0.05) is 23.7 Å². The molecule has 196 valence electrons. The van der Waals surface area contributed by atoms with E-state index in [-0.39, 0.29) is 17.6 Å². The van der Waals surface area contributed by atoms with Gasteiger partial charge >= 0.3 is 0 Å². The van der Waals surface area contributed by atoms with Crippen LogP contribution in [0.1, 0.15) is 62.5 Å². The molecule has 3 aromatic rings. The number of rotatable bonds is 9. The van der Waals surface area contributed by atoms with Crippen LogP contribution < -0.4 is 15.4 Å². The lowest BCUT2D eigenvalue weighted by Gasteiger charge is -2.14. The summed E-state index contributed by atoms with van der Waals surface area (Å²) in [7, 11) is 1.57. The molecule has 1 fully saturated rings. The predicted octanol–water partition coefficient (Wildman–Crippen LogP) is 4.27. The first-order valence-corrected chi connectivity index (χ1v) is 13.0. The molecule has 3 heterocycles. The Morgan fingerprint density at radius 3 is 2.61 bits per heavy atom. The summed E-state index contributed by atoms with van der Waals surface area (Å²) in [5.41, 5.74) is 3.93. The number of ether oxygens (including phenoxy) is 1. The maximum absolute atomic E-state index is 13.6. The Morgan fingerprint density at radius 2 is 1.87 bits per heavy atom. The lowest BCUT2D eigenvalue weighted by molar-refractivity contribution is -0.110. The van der Waals surface area contributed by atoms with Gasteiger partial charge in [-0.1, -0.05) is 30.3 Å². The highest BCUT2D eigenvalue weighted by Crippen LogP contribution is 2.36. The van der Waals surface area contributed by atoms with E-state index in [1.807, 2.05) is 6.07 Å². The van der Waals surface area contributed by atoms with Crippen molar-refractivity contribution in [1.82, 2.24) is 15.2 Å². The van der Waals surface area contributed by atoms with Crippen LogP contribution in [-0.4, -0.2) is 60.8 Å². The number of hydrogen-bond acceptors (Lipinski definition) is 5. The molecule has 0 radical (unpaired) electrons. The molecule has 0 unspecified atom stereocenters. The van der Waals surface area contributed by atoms with Crippen LogP contribution in [0.4, 0.5) is 5.69 Å². The smallest absolute Gasteiger partial charge is 0.268 e. The van der Waals surface area contributed by atoms with Crippen molar-refractivity contribution in [2.24, 2.45) is 0 Å². The van der Waals surface area contributed by atoms with E-state index >= 15 is 0 Å². The third-order valence-corrected chi connectivity index (χ3v) is 7.20. The maximum atomic E-state index is 13.6. The minimum absolute atomic E-state index is 0.215. The normalized spacial score (nSPS) is 15.9. The fourth-order valence-corrected chi connectivity index (χ4v) is 5.17. The van der Waals surface area contributed by atoms with E-state index in [0.29, 0.717) is 57.2 Å². The van der Waals surface area contributed by atoms with E-state index in [9.17, 15) is 14.4 Å². The lowest BCUT2D eigenvalue weighted by atomic mass is 9.97. The summed E-state index contributed by atoms with van der Waals surface area (Å²) in [6.07, 6.45) is 4.99. The minimum Gasteiger partial charge on any atom is -0.497 e. The summed E-state index contributed by atoms with van der Waals surface area (Å²) < 4.78 is 5.27. The van der Waals surface area contributed by atoms with E-state index in [1.54, 1.807) is 62.6 Å². The molecule has 1 aromatic heterocycles. The first-order valence-electron chi connectivity index (χ1n) is 13.0. The Morgan fingerprint density at radius 1 is 1.11 bits per heavy atom. The summed E-state index contributed by atoms with van der Waals surface area (Å²) >= 11 is 0. The van der Waals surface area contributed by atoms with Crippen molar-refractivity contribution in [2.45, 2.75) is 26.2 Å². The number of carbonyl (C=O) groups is 3. The first-order chi connectivity index (χ1) is 18.5. The number of nitrogens with zero attached hydrogens (tertiary/aromatic N) is 1. The molecule has 0 aliphatic carbocycles. The third kappa shape index (κ3) is 5.13. The molecule has 5 rings (SSSR count). The second kappa shape index (κ2) is 11.1. The molecule has 0 atom stereocenters. The van der Waals surface area contributed by atoms with Crippen molar-refractivity contribution < 1.29 is 19.1 Å². The van der Waals surface area contributed by atoms with Gasteiger partial charge in [-0.2, -0.15) is 0 Å². The fourth-order valence-electron chi connectivity index (χ4n) is 5.17. The van der Waals surface area contributed by atoms with Crippen LogP contribution in [0.5, 0.6) is 5.75 Å². The molecule has 2 aromatic carbocycles. The quantitative estimate of drug-likeness (QED) is 0.226. The van der Waals surface area contributed by atoms with Crippen LogP contribution >= 0.6 is 0 Å². The number of carbonyl (C=O) groups excluding carboxylic acids is 3. The Kier molecular flexibility index (Phi) is 7.42. The van der Waals surface area contributed by atoms with E-state index in [4.69, 9.17) is 4.74 Å². The first kappa shape index (κ1) is 25.5. The summed E-state index contributed by atoms with van der Waals surface area (Å²) in [4.78, 5) is 45.2. The number of H-pyrrole nitrogens is 1. The van der Waals surface area contributed by atoms with E-state index in [1.165, 1.54) is 12.8 Å². The zero-order valence-corrected chi connectivity index (χ0v) is 21.7. The average Bonchev–Trinajstić information content (AvgIpc) is 3.64. The molecule has 2 aliphatic rings. The van der Waals surface area contributed by atoms with Crippen molar-refractivity contribution in [3.63, 3.8) is 0 Å². The summed E-state index contributed by atoms with van der Waals surface area (Å²) in [6, 6.07) is 14.3. The summed E-state index contributed by atoms with van der Waals surface area (Å²) in [5, 5.41) is 5.85. The Bertz CT molecular complexity index is 1400. The predicted molar refractivity (Wildman–Crippen MR) is 148 cm³/mol. The zero-order chi connectivity index (χ0) is 26.6. The molecule has 3 N–H and O–H groups in total. The topological polar surface area (TPSA) is 104 Å². The van der Waals surface area contributed by atoms with Crippen LogP contribution in [0, 0.1) is 6.92 Å². The fraction of sp³-hybridized carbons (Fsp3) is 0.300. The summed E-state index contributed by atoms with van der Waals surface area (Å²) in [6.45, 7) is 5.51. The number of anilines is 1. The molecule has 0 spiro atoms.